The SMILES string of the molecule is CCN(CC)S(=O)(=O)c1cc(C(C)=O)ccc1F. The van der Waals surface area contributed by atoms with Gasteiger partial charge in [0.05, 0.1) is 0 Å². The number of nitrogens with zero attached hydrogens (tertiary/aromatic N) is 1. The standard InChI is InChI=1S/C12H16FNO3S/c1-4-14(5-2)18(16,17)12-8-10(9(3)15)6-7-11(12)13/h6-8H,4-5H2,1-3H3. The Hall–Kier alpha value is -1.27. The van der Waals surface area contributed by atoms with Crippen molar-refractivity contribution in [2.24, 2.45) is 0 Å². The third kappa shape index (κ3) is 2.76. The van der Waals surface area contributed by atoms with Gasteiger partial charge >= 0.3 is 0 Å². The second-order valence-corrected chi connectivity index (χ2v) is 5.70. The molecule has 0 aliphatic carbocycles. The Balaban J connectivity index is 3.40. The molecule has 0 unspecified atom stereocenters. The van der Waals surface area contributed by atoms with Gasteiger partial charge in [0.15, 0.2) is 5.78 Å². The van der Waals surface area contributed by atoms with Crippen molar-refractivity contribution in [3.8, 4) is 0 Å². The maximum Gasteiger partial charge on any atom is 0.245 e. The first-order valence-electron chi connectivity index (χ1n) is 5.65. The van der Waals surface area contributed by atoms with Crippen LogP contribution in [0.4, 0.5) is 4.39 Å². The lowest BCUT2D eigenvalue weighted by atomic mass is 10.1. The Morgan fingerprint density at radius 2 is 1.83 bits per heavy atom. The van der Waals surface area contributed by atoms with Gasteiger partial charge in [0.1, 0.15) is 10.7 Å². The Bertz CT molecular complexity index is 550. The van der Waals surface area contributed by atoms with E-state index in [4.69, 9.17) is 0 Å². The van der Waals surface area contributed by atoms with E-state index in [1.807, 2.05) is 0 Å². The summed E-state index contributed by atoms with van der Waals surface area (Å²) in [5, 5.41) is 0. The Morgan fingerprint density at radius 3 is 2.28 bits per heavy atom. The zero-order valence-electron chi connectivity index (χ0n) is 10.6. The molecule has 0 aromatic heterocycles. The number of hydrogen-bond donors (Lipinski definition) is 0. The topological polar surface area (TPSA) is 54.5 Å². The molecule has 0 bridgehead atoms. The maximum atomic E-state index is 13.6. The number of halogens is 1. The van der Waals surface area contributed by atoms with E-state index in [-0.39, 0.29) is 24.4 Å². The molecule has 0 N–H and O–H groups in total. The first-order chi connectivity index (χ1) is 8.34. The van der Waals surface area contributed by atoms with Crippen LogP contribution >= 0.6 is 0 Å². The highest BCUT2D eigenvalue weighted by molar-refractivity contribution is 7.89. The lowest BCUT2D eigenvalue weighted by molar-refractivity contribution is 0.101. The molecule has 4 nitrogen and oxygen atoms in total. The molecule has 0 heterocycles. The van der Waals surface area contributed by atoms with Crippen molar-refractivity contribution in [3.05, 3.63) is 29.6 Å². The van der Waals surface area contributed by atoms with Crippen LogP contribution in [-0.2, 0) is 10.0 Å². The fourth-order valence-corrected chi connectivity index (χ4v) is 3.17. The average Bonchev–Trinajstić information content (AvgIpc) is 2.30. The third-order valence-electron chi connectivity index (χ3n) is 2.66. The van der Waals surface area contributed by atoms with Crippen molar-refractivity contribution in [2.75, 3.05) is 13.1 Å². The van der Waals surface area contributed by atoms with Crippen molar-refractivity contribution in [3.63, 3.8) is 0 Å². The number of benzene rings is 1. The maximum absolute atomic E-state index is 13.6. The van der Waals surface area contributed by atoms with Crippen LogP contribution in [-0.4, -0.2) is 31.6 Å². The molecule has 0 saturated carbocycles. The molecule has 0 amide bonds. The predicted octanol–water partition coefficient (Wildman–Crippen LogP) is 2.06. The second-order valence-electron chi connectivity index (χ2n) is 3.79. The number of carbonyl (C=O) groups excluding carboxylic acids is 1. The van der Waals surface area contributed by atoms with Gasteiger partial charge < -0.3 is 0 Å². The molecule has 0 radical (unpaired) electrons. The zero-order chi connectivity index (χ0) is 13.9. The molecule has 18 heavy (non-hydrogen) atoms. The van der Waals surface area contributed by atoms with E-state index >= 15 is 0 Å². The van der Waals surface area contributed by atoms with E-state index in [1.165, 1.54) is 13.0 Å². The van der Waals surface area contributed by atoms with Gasteiger partial charge in [-0.1, -0.05) is 13.8 Å². The molecule has 1 aromatic rings. The summed E-state index contributed by atoms with van der Waals surface area (Å²) in [7, 11) is -3.88. The van der Waals surface area contributed by atoms with Gasteiger partial charge in [-0.25, -0.2) is 12.8 Å². The fraction of sp³-hybridized carbons (Fsp3) is 0.417. The molecule has 1 aromatic carbocycles. The highest BCUT2D eigenvalue weighted by Crippen LogP contribution is 2.20. The lowest BCUT2D eigenvalue weighted by Crippen LogP contribution is -2.31. The van der Waals surface area contributed by atoms with Crippen molar-refractivity contribution >= 4 is 15.8 Å². The molecule has 0 atom stereocenters. The quantitative estimate of drug-likeness (QED) is 0.772. The monoisotopic (exact) mass is 273 g/mol. The van der Waals surface area contributed by atoms with Crippen LogP contribution in [0.25, 0.3) is 0 Å². The van der Waals surface area contributed by atoms with E-state index in [1.54, 1.807) is 13.8 Å². The minimum atomic E-state index is -3.88. The van der Waals surface area contributed by atoms with Crippen LogP contribution in [0, 0.1) is 5.82 Å². The van der Waals surface area contributed by atoms with Crippen LogP contribution in [0.15, 0.2) is 23.1 Å². The van der Waals surface area contributed by atoms with Crippen LogP contribution in [0.5, 0.6) is 0 Å². The van der Waals surface area contributed by atoms with Crippen molar-refractivity contribution in [2.45, 2.75) is 25.7 Å². The number of ketones is 1. The number of carbonyl (C=O) groups is 1. The molecule has 0 aliphatic rings. The predicted molar refractivity (Wildman–Crippen MR) is 66.5 cm³/mol. The van der Waals surface area contributed by atoms with E-state index in [9.17, 15) is 17.6 Å². The van der Waals surface area contributed by atoms with Crippen molar-refractivity contribution in [1.29, 1.82) is 0 Å². The third-order valence-corrected chi connectivity index (χ3v) is 4.73. The highest BCUT2D eigenvalue weighted by atomic mass is 32.2. The van der Waals surface area contributed by atoms with E-state index in [0.29, 0.717) is 0 Å². The summed E-state index contributed by atoms with van der Waals surface area (Å²) in [6.07, 6.45) is 0. The Kier molecular flexibility index (Phi) is 4.59. The highest BCUT2D eigenvalue weighted by Gasteiger charge is 2.25. The molecular weight excluding hydrogens is 257 g/mol. The van der Waals surface area contributed by atoms with Gasteiger partial charge in [0, 0.05) is 18.7 Å². The van der Waals surface area contributed by atoms with Crippen LogP contribution in [0.1, 0.15) is 31.1 Å². The summed E-state index contributed by atoms with van der Waals surface area (Å²) in [5.74, 6) is -1.14. The van der Waals surface area contributed by atoms with Gasteiger partial charge in [-0.05, 0) is 25.1 Å². The molecular formula is C12H16FNO3S. The van der Waals surface area contributed by atoms with Gasteiger partial charge in [0.25, 0.3) is 0 Å². The smallest absolute Gasteiger partial charge is 0.245 e. The lowest BCUT2D eigenvalue weighted by Gasteiger charge is -2.19. The van der Waals surface area contributed by atoms with Gasteiger partial charge in [0.2, 0.25) is 10.0 Å². The van der Waals surface area contributed by atoms with E-state index in [2.05, 4.69) is 0 Å². The molecule has 0 saturated heterocycles. The summed E-state index contributed by atoms with van der Waals surface area (Å²) in [4.78, 5) is 10.8. The van der Waals surface area contributed by atoms with Crippen LogP contribution in [0.3, 0.4) is 0 Å². The first-order valence-corrected chi connectivity index (χ1v) is 7.09. The van der Waals surface area contributed by atoms with Crippen molar-refractivity contribution < 1.29 is 17.6 Å². The molecule has 100 valence electrons. The molecule has 1 rings (SSSR count). The van der Waals surface area contributed by atoms with Gasteiger partial charge in [-0.2, -0.15) is 4.31 Å². The fourth-order valence-electron chi connectivity index (χ4n) is 1.62. The number of Topliss-reactive ketones (excluding diaryl/α,β-unsaturated/α-hetero) is 1. The summed E-state index contributed by atoms with van der Waals surface area (Å²) < 4.78 is 39.1. The van der Waals surface area contributed by atoms with Crippen LogP contribution < -0.4 is 0 Å². The van der Waals surface area contributed by atoms with Gasteiger partial charge in [-0.15, -0.1) is 0 Å². The number of hydrogen-bond acceptors (Lipinski definition) is 3. The second kappa shape index (κ2) is 5.58. The normalized spacial score (nSPS) is 11.8. The first kappa shape index (κ1) is 14.8. The Morgan fingerprint density at radius 1 is 1.28 bits per heavy atom. The summed E-state index contributed by atoms with van der Waals surface area (Å²) >= 11 is 0. The summed E-state index contributed by atoms with van der Waals surface area (Å²) in [6, 6.07) is 3.37. The Labute approximate surface area is 106 Å². The molecule has 0 fully saturated rings. The summed E-state index contributed by atoms with van der Waals surface area (Å²) in [6.45, 7) is 5.16. The van der Waals surface area contributed by atoms with Crippen LogP contribution in [0.2, 0.25) is 0 Å². The summed E-state index contributed by atoms with van der Waals surface area (Å²) in [5.41, 5.74) is 0.183. The average molecular weight is 273 g/mol. The molecule has 0 aliphatic heterocycles. The molecule has 0 spiro atoms. The number of rotatable bonds is 5. The zero-order valence-corrected chi connectivity index (χ0v) is 11.4. The van der Waals surface area contributed by atoms with Crippen molar-refractivity contribution in [1.82, 2.24) is 4.31 Å². The minimum Gasteiger partial charge on any atom is -0.295 e. The minimum absolute atomic E-state index is 0.183. The number of sulfonamides is 1. The molecule has 6 heteroatoms. The van der Waals surface area contributed by atoms with E-state index in [0.717, 1.165) is 16.4 Å². The largest absolute Gasteiger partial charge is 0.295 e. The van der Waals surface area contributed by atoms with E-state index < -0.39 is 20.7 Å². The van der Waals surface area contributed by atoms with Gasteiger partial charge in [-0.3, -0.25) is 4.79 Å².